The highest BCUT2D eigenvalue weighted by atomic mass is 16.1. The molecule has 1 aromatic rings. The summed E-state index contributed by atoms with van der Waals surface area (Å²) in [4.78, 5) is 19.0. The molecule has 18 heavy (non-hydrogen) atoms. The van der Waals surface area contributed by atoms with Crippen LogP contribution in [0.3, 0.4) is 0 Å². The molecule has 1 aliphatic heterocycles. The van der Waals surface area contributed by atoms with Gasteiger partial charge in [0, 0.05) is 24.7 Å². The molecule has 0 bridgehead atoms. The zero-order valence-electron chi connectivity index (χ0n) is 10.9. The zero-order chi connectivity index (χ0) is 12.5. The molecule has 0 N–H and O–H groups in total. The normalized spacial score (nSPS) is 25.1. The quantitative estimate of drug-likeness (QED) is 0.760. The van der Waals surface area contributed by atoms with Crippen LogP contribution in [0.1, 0.15) is 55.8 Å². The van der Waals surface area contributed by atoms with Gasteiger partial charge in [0.15, 0.2) is 5.78 Å². The molecule has 0 amide bonds. The summed E-state index contributed by atoms with van der Waals surface area (Å²) in [6.07, 6.45) is 8.90. The first kappa shape index (κ1) is 11.7. The van der Waals surface area contributed by atoms with Gasteiger partial charge in [-0.05, 0) is 31.9 Å². The molecule has 1 fully saturated rings. The van der Waals surface area contributed by atoms with E-state index in [0.717, 1.165) is 11.4 Å². The summed E-state index contributed by atoms with van der Waals surface area (Å²) in [5, 5.41) is 0. The van der Waals surface area contributed by atoms with Gasteiger partial charge in [-0.1, -0.05) is 19.3 Å². The predicted molar refractivity (Wildman–Crippen MR) is 72.0 cm³/mol. The van der Waals surface area contributed by atoms with Crippen LogP contribution in [-0.2, 0) is 0 Å². The van der Waals surface area contributed by atoms with Gasteiger partial charge in [-0.15, -0.1) is 0 Å². The summed E-state index contributed by atoms with van der Waals surface area (Å²) < 4.78 is 0. The number of fused-ring (bicyclic) bond motifs is 1. The lowest BCUT2D eigenvalue weighted by atomic mass is 9.89. The van der Waals surface area contributed by atoms with Crippen LogP contribution >= 0.6 is 0 Å². The third kappa shape index (κ3) is 1.92. The number of hydrogen-bond donors (Lipinski definition) is 0. The van der Waals surface area contributed by atoms with Gasteiger partial charge in [0.1, 0.15) is 5.82 Å². The number of carbonyl (C=O) groups is 1. The van der Waals surface area contributed by atoms with Crippen molar-refractivity contribution in [2.45, 2.75) is 57.5 Å². The van der Waals surface area contributed by atoms with Crippen LogP contribution in [0, 0.1) is 0 Å². The molecule has 1 aliphatic carbocycles. The summed E-state index contributed by atoms with van der Waals surface area (Å²) in [7, 11) is 0. The number of ketones is 1. The SMILES string of the molecule is CC1CC(=O)c2cccnc2N1C1CCCCC1. The van der Waals surface area contributed by atoms with Gasteiger partial charge in [-0.3, -0.25) is 4.79 Å². The van der Waals surface area contributed by atoms with Crippen molar-refractivity contribution < 1.29 is 4.79 Å². The lowest BCUT2D eigenvalue weighted by molar-refractivity contribution is 0.0965. The van der Waals surface area contributed by atoms with Gasteiger partial charge in [-0.25, -0.2) is 4.98 Å². The maximum Gasteiger partial charge on any atom is 0.168 e. The Bertz CT molecular complexity index is 452. The van der Waals surface area contributed by atoms with Gasteiger partial charge in [0.05, 0.1) is 5.56 Å². The third-order valence-corrected chi connectivity index (χ3v) is 4.26. The van der Waals surface area contributed by atoms with E-state index in [2.05, 4.69) is 16.8 Å². The Morgan fingerprint density at radius 1 is 1.28 bits per heavy atom. The van der Waals surface area contributed by atoms with E-state index in [4.69, 9.17) is 0 Å². The molecule has 96 valence electrons. The van der Waals surface area contributed by atoms with Gasteiger partial charge in [0.25, 0.3) is 0 Å². The van der Waals surface area contributed by atoms with Crippen LogP contribution in [0.5, 0.6) is 0 Å². The molecule has 2 heterocycles. The summed E-state index contributed by atoms with van der Waals surface area (Å²) in [5.41, 5.74) is 0.821. The van der Waals surface area contributed by atoms with Crippen molar-refractivity contribution in [2.24, 2.45) is 0 Å². The molecule has 1 aromatic heterocycles. The molecular formula is C15H20N2O. The minimum Gasteiger partial charge on any atom is -0.350 e. The number of hydrogen-bond acceptors (Lipinski definition) is 3. The first-order valence-corrected chi connectivity index (χ1v) is 7.04. The number of aromatic nitrogens is 1. The van der Waals surface area contributed by atoms with E-state index in [0.29, 0.717) is 18.5 Å². The summed E-state index contributed by atoms with van der Waals surface area (Å²) in [6, 6.07) is 4.66. The van der Waals surface area contributed by atoms with Gasteiger partial charge in [-0.2, -0.15) is 0 Å². The van der Waals surface area contributed by atoms with E-state index in [-0.39, 0.29) is 5.78 Å². The highest BCUT2D eigenvalue weighted by Crippen LogP contribution is 2.34. The van der Waals surface area contributed by atoms with Crippen LogP contribution in [-0.4, -0.2) is 22.9 Å². The van der Waals surface area contributed by atoms with Crippen molar-refractivity contribution in [1.82, 2.24) is 4.98 Å². The molecule has 1 atom stereocenters. The minimum atomic E-state index is 0.248. The molecule has 1 saturated carbocycles. The average molecular weight is 244 g/mol. The molecule has 3 rings (SSSR count). The first-order valence-electron chi connectivity index (χ1n) is 7.04. The Hall–Kier alpha value is -1.38. The highest BCUT2D eigenvalue weighted by Gasteiger charge is 2.34. The highest BCUT2D eigenvalue weighted by molar-refractivity contribution is 6.02. The van der Waals surface area contributed by atoms with Crippen molar-refractivity contribution in [3.63, 3.8) is 0 Å². The van der Waals surface area contributed by atoms with Crippen molar-refractivity contribution in [2.75, 3.05) is 4.90 Å². The lowest BCUT2D eigenvalue weighted by Crippen LogP contribution is -2.47. The summed E-state index contributed by atoms with van der Waals surface area (Å²) in [6.45, 7) is 2.16. The van der Waals surface area contributed by atoms with E-state index >= 15 is 0 Å². The maximum atomic E-state index is 12.1. The zero-order valence-corrected chi connectivity index (χ0v) is 10.9. The molecule has 0 aromatic carbocycles. The number of carbonyl (C=O) groups excluding carboxylic acids is 1. The van der Waals surface area contributed by atoms with Gasteiger partial charge >= 0.3 is 0 Å². The maximum absolute atomic E-state index is 12.1. The topological polar surface area (TPSA) is 33.2 Å². The second-order valence-electron chi connectivity index (χ2n) is 5.55. The molecule has 1 unspecified atom stereocenters. The number of pyridine rings is 1. The van der Waals surface area contributed by atoms with E-state index in [1.165, 1.54) is 32.1 Å². The third-order valence-electron chi connectivity index (χ3n) is 4.26. The molecule has 0 spiro atoms. The largest absolute Gasteiger partial charge is 0.350 e. The Labute approximate surface area is 108 Å². The smallest absolute Gasteiger partial charge is 0.168 e. The van der Waals surface area contributed by atoms with Crippen molar-refractivity contribution in [3.8, 4) is 0 Å². The Balaban J connectivity index is 1.97. The standard InChI is InChI=1S/C15H20N2O/c1-11-10-14(18)13-8-5-9-16-15(13)17(11)12-6-3-2-4-7-12/h5,8-9,11-12H,2-4,6-7,10H2,1H3. The van der Waals surface area contributed by atoms with E-state index < -0.39 is 0 Å². The minimum absolute atomic E-state index is 0.248. The van der Waals surface area contributed by atoms with Crippen molar-refractivity contribution in [1.29, 1.82) is 0 Å². The second kappa shape index (κ2) is 4.71. The molecule has 0 radical (unpaired) electrons. The van der Waals surface area contributed by atoms with Crippen LogP contribution in [0.2, 0.25) is 0 Å². The van der Waals surface area contributed by atoms with Crippen LogP contribution in [0.4, 0.5) is 5.82 Å². The number of Topliss-reactive ketones (excluding diaryl/α,β-unsaturated/α-hetero) is 1. The molecule has 3 heteroatoms. The Morgan fingerprint density at radius 3 is 2.83 bits per heavy atom. The second-order valence-corrected chi connectivity index (χ2v) is 5.55. The summed E-state index contributed by atoms with van der Waals surface area (Å²) >= 11 is 0. The Morgan fingerprint density at radius 2 is 2.06 bits per heavy atom. The summed E-state index contributed by atoms with van der Waals surface area (Å²) in [5.74, 6) is 1.17. The van der Waals surface area contributed by atoms with Gasteiger partial charge in [0.2, 0.25) is 0 Å². The van der Waals surface area contributed by atoms with Crippen LogP contribution in [0.25, 0.3) is 0 Å². The Kier molecular flexibility index (Phi) is 3.06. The fourth-order valence-corrected chi connectivity index (χ4v) is 3.40. The molecular weight excluding hydrogens is 224 g/mol. The number of rotatable bonds is 1. The fraction of sp³-hybridized carbons (Fsp3) is 0.600. The van der Waals surface area contributed by atoms with E-state index in [9.17, 15) is 4.79 Å². The number of nitrogens with zero attached hydrogens (tertiary/aromatic N) is 2. The lowest BCUT2D eigenvalue weighted by Gasteiger charge is -2.42. The van der Waals surface area contributed by atoms with E-state index in [1.807, 2.05) is 12.1 Å². The average Bonchev–Trinajstić information content (AvgIpc) is 2.40. The monoisotopic (exact) mass is 244 g/mol. The van der Waals surface area contributed by atoms with Crippen LogP contribution in [0.15, 0.2) is 18.3 Å². The number of anilines is 1. The van der Waals surface area contributed by atoms with E-state index in [1.54, 1.807) is 6.20 Å². The molecule has 2 aliphatic rings. The fourth-order valence-electron chi connectivity index (χ4n) is 3.40. The molecule has 0 saturated heterocycles. The van der Waals surface area contributed by atoms with Crippen molar-refractivity contribution in [3.05, 3.63) is 23.9 Å². The molecule has 3 nitrogen and oxygen atoms in total. The van der Waals surface area contributed by atoms with Gasteiger partial charge < -0.3 is 4.90 Å². The van der Waals surface area contributed by atoms with Crippen molar-refractivity contribution >= 4 is 11.6 Å². The first-order chi connectivity index (χ1) is 8.77. The predicted octanol–water partition coefficient (Wildman–Crippen LogP) is 3.20. The van der Waals surface area contributed by atoms with Crippen LogP contribution < -0.4 is 4.90 Å².